The highest BCUT2D eigenvalue weighted by molar-refractivity contribution is 5.96. The van der Waals surface area contributed by atoms with Gasteiger partial charge in [-0.1, -0.05) is 6.92 Å². The van der Waals surface area contributed by atoms with E-state index in [0.717, 1.165) is 0 Å². The third kappa shape index (κ3) is 4.24. The Labute approximate surface area is 118 Å². The average molecular weight is 279 g/mol. The number of ether oxygens (including phenoxy) is 1. The molecular weight excluding hydrogens is 258 g/mol. The lowest BCUT2D eigenvalue weighted by molar-refractivity contribution is -0.119. The van der Waals surface area contributed by atoms with Crippen molar-refractivity contribution in [1.82, 2.24) is 0 Å². The monoisotopic (exact) mass is 279 g/mol. The lowest BCUT2D eigenvalue weighted by atomic mass is 10.0. The molecule has 6 heteroatoms. The maximum Gasteiger partial charge on any atom is 0.228 e. The molecule has 0 radical (unpaired) electrons. The molecule has 1 rings (SSSR count). The Morgan fingerprint density at radius 2 is 1.90 bits per heavy atom. The second-order valence-electron chi connectivity index (χ2n) is 4.73. The van der Waals surface area contributed by atoms with E-state index in [1.54, 1.807) is 32.0 Å². The van der Waals surface area contributed by atoms with Crippen LogP contribution in [0.2, 0.25) is 0 Å². The van der Waals surface area contributed by atoms with Gasteiger partial charge in [-0.25, -0.2) is 0 Å². The summed E-state index contributed by atoms with van der Waals surface area (Å²) < 4.78 is 5.19. The van der Waals surface area contributed by atoms with Gasteiger partial charge in [-0.3, -0.25) is 9.59 Å². The molecule has 0 heterocycles. The predicted molar refractivity (Wildman–Crippen MR) is 78.7 cm³/mol. The first-order chi connectivity index (χ1) is 9.35. The first-order valence-corrected chi connectivity index (χ1v) is 6.37. The van der Waals surface area contributed by atoms with Gasteiger partial charge in [0.2, 0.25) is 11.8 Å². The molecule has 0 aliphatic rings. The van der Waals surface area contributed by atoms with Crippen molar-refractivity contribution < 1.29 is 14.3 Å². The van der Waals surface area contributed by atoms with Crippen LogP contribution in [0.15, 0.2) is 18.2 Å². The van der Waals surface area contributed by atoms with Crippen molar-refractivity contribution in [2.75, 3.05) is 17.7 Å². The SMILES string of the molecule is COc1ccc(NC(C)=O)cc1NC(=O)C(C)C(C)N. The molecule has 2 unspecified atom stereocenters. The molecule has 2 atom stereocenters. The van der Waals surface area contributed by atoms with Crippen LogP contribution in [0, 0.1) is 5.92 Å². The highest BCUT2D eigenvalue weighted by Gasteiger charge is 2.18. The van der Waals surface area contributed by atoms with Crippen LogP contribution in [0.5, 0.6) is 5.75 Å². The topological polar surface area (TPSA) is 93.5 Å². The van der Waals surface area contributed by atoms with E-state index in [-0.39, 0.29) is 23.8 Å². The Morgan fingerprint density at radius 1 is 1.25 bits per heavy atom. The summed E-state index contributed by atoms with van der Waals surface area (Å²) >= 11 is 0. The number of amides is 2. The minimum Gasteiger partial charge on any atom is -0.495 e. The first kappa shape index (κ1) is 16.0. The molecule has 0 aliphatic heterocycles. The Balaban J connectivity index is 2.96. The van der Waals surface area contributed by atoms with E-state index in [4.69, 9.17) is 10.5 Å². The third-order valence-corrected chi connectivity index (χ3v) is 2.98. The fourth-order valence-corrected chi connectivity index (χ4v) is 1.57. The van der Waals surface area contributed by atoms with Crippen molar-refractivity contribution in [3.63, 3.8) is 0 Å². The Bertz CT molecular complexity index is 500. The molecule has 0 aromatic heterocycles. The normalized spacial score (nSPS) is 13.2. The van der Waals surface area contributed by atoms with Gasteiger partial charge in [0.25, 0.3) is 0 Å². The number of anilines is 2. The van der Waals surface area contributed by atoms with Gasteiger partial charge >= 0.3 is 0 Å². The summed E-state index contributed by atoms with van der Waals surface area (Å²) in [4.78, 5) is 23.1. The molecule has 0 bridgehead atoms. The molecule has 0 spiro atoms. The summed E-state index contributed by atoms with van der Waals surface area (Å²) in [5, 5.41) is 5.41. The molecule has 6 nitrogen and oxygen atoms in total. The third-order valence-electron chi connectivity index (χ3n) is 2.98. The van der Waals surface area contributed by atoms with E-state index < -0.39 is 0 Å². The highest BCUT2D eigenvalue weighted by Crippen LogP contribution is 2.28. The number of benzene rings is 1. The van der Waals surface area contributed by atoms with Crippen LogP contribution in [-0.4, -0.2) is 25.0 Å². The van der Waals surface area contributed by atoms with E-state index >= 15 is 0 Å². The summed E-state index contributed by atoms with van der Waals surface area (Å²) in [6.45, 7) is 4.94. The van der Waals surface area contributed by atoms with Gasteiger partial charge in [-0.15, -0.1) is 0 Å². The lowest BCUT2D eigenvalue weighted by Crippen LogP contribution is -2.34. The molecule has 0 saturated heterocycles. The van der Waals surface area contributed by atoms with Crippen LogP contribution < -0.4 is 21.1 Å². The number of nitrogens with one attached hydrogen (secondary N) is 2. The molecule has 1 aromatic carbocycles. The molecule has 1 aromatic rings. The number of hydrogen-bond donors (Lipinski definition) is 3. The first-order valence-electron chi connectivity index (χ1n) is 6.37. The Kier molecular flexibility index (Phi) is 5.52. The zero-order chi connectivity index (χ0) is 15.3. The number of carbonyl (C=O) groups excluding carboxylic acids is 2. The van der Waals surface area contributed by atoms with Crippen LogP contribution in [0.4, 0.5) is 11.4 Å². The van der Waals surface area contributed by atoms with Crippen LogP contribution in [-0.2, 0) is 9.59 Å². The smallest absolute Gasteiger partial charge is 0.228 e. The average Bonchev–Trinajstić information content (AvgIpc) is 2.37. The van der Waals surface area contributed by atoms with Gasteiger partial charge in [-0.05, 0) is 25.1 Å². The van der Waals surface area contributed by atoms with Gasteiger partial charge in [0.1, 0.15) is 5.75 Å². The van der Waals surface area contributed by atoms with Gasteiger partial charge in [-0.2, -0.15) is 0 Å². The molecule has 0 aliphatic carbocycles. The minimum absolute atomic E-state index is 0.184. The maximum atomic E-state index is 12.0. The lowest BCUT2D eigenvalue weighted by Gasteiger charge is -2.17. The summed E-state index contributed by atoms with van der Waals surface area (Å²) in [7, 11) is 1.51. The van der Waals surface area contributed by atoms with Crippen molar-refractivity contribution in [1.29, 1.82) is 0 Å². The molecule has 0 fully saturated rings. The Hall–Kier alpha value is -2.08. The van der Waals surface area contributed by atoms with E-state index in [1.807, 2.05) is 0 Å². The van der Waals surface area contributed by atoms with E-state index in [9.17, 15) is 9.59 Å². The standard InChI is InChI=1S/C14H21N3O3/c1-8(9(2)15)14(19)17-12-7-11(16-10(3)18)5-6-13(12)20-4/h5-9H,15H2,1-4H3,(H,16,18)(H,17,19). The number of rotatable bonds is 5. The molecular formula is C14H21N3O3. The summed E-state index contributed by atoms with van der Waals surface area (Å²) in [5.41, 5.74) is 6.79. The maximum absolute atomic E-state index is 12.0. The summed E-state index contributed by atoms with van der Waals surface area (Å²) in [5.74, 6) is -0.192. The molecule has 2 amide bonds. The van der Waals surface area contributed by atoms with Crippen LogP contribution in [0.1, 0.15) is 20.8 Å². The van der Waals surface area contributed by atoms with Gasteiger partial charge in [0.05, 0.1) is 18.7 Å². The Morgan fingerprint density at radius 3 is 2.40 bits per heavy atom. The number of nitrogens with two attached hydrogens (primary N) is 1. The zero-order valence-corrected chi connectivity index (χ0v) is 12.2. The second-order valence-corrected chi connectivity index (χ2v) is 4.73. The molecule has 110 valence electrons. The second kappa shape index (κ2) is 6.91. The molecule has 4 N–H and O–H groups in total. The largest absolute Gasteiger partial charge is 0.495 e. The van der Waals surface area contributed by atoms with E-state index in [2.05, 4.69) is 10.6 Å². The van der Waals surface area contributed by atoms with Crippen LogP contribution >= 0.6 is 0 Å². The van der Waals surface area contributed by atoms with Crippen molar-refractivity contribution in [2.45, 2.75) is 26.8 Å². The van der Waals surface area contributed by atoms with Gasteiger partial charge in [0.15, 0.2) is 0 Å². The predicted octanol–water partition coefficient (Wildman–Crippen LogP) is 1.58. The van der Waals surface area contributed by atoms with Crippen LogP contribution in [0.25, 0.3) is 0 Å². The van der Waals surface area contributed by atoms with Gasteiger partial charge < -0.3 is 21.1 Å². The quantitative estimate of drug-likeness (QED) is 0.762. The summed E-state index contributed by atoms with van der Waals surface area (Å²) in [6.07, 6.45) is 0. The number of methoxy groups -OCH3 is 1. The van der Waals surface area contributed by atoms with Crippen molar-refractivity contribution in [3.05, 3.63) is 18.2 Å². The number of carbonyl (C=O) groups is 2. The minimum atomic E-state index is -0.330. The zero-order valence-electron chi connectivity index (χ0n) is 12.2. The fourth-order valence-electron chi connectivity index (χ4n) is 1.57. The molecule has 0 saturated carbocycles. The van der Waals surface area contributed by atoms with Crippen LogP contribution in [0.3, 0.4) is 0 Å². The van der Waals surface area contributed by atoms with Crippen molar-refractivity contribution >= 4 is 23.2 Å². The highest BCUT2D eigenvalue weighted by atomic mass is 16.5. The van der Waals surface area contributed by atoms with Crippen molar-refractivity contribution in [3.8, 4) is 5.75 Å². The summed E-state index contributed by atoms with van der Waals surface area (Å²) in [6, 6.07) is 4.77. The molecule has 20 heavy (non-hydrogen) atoms. The van der Waals surface area contributed by atoms with E-state index in [1.165, 1.54) is 14.0 Å². The van der Waals surface area contributed by atoms with Gasteiger partial charge in [0, 0.05) is 18.7 Å². The van der Waals surface area contributed by atoms with E-state index in [0.29, 0.717) is 17.1 Å². The van der Waals surface area contributed by atoms with Crippen molar-refractivity contribution in [2.24, 2.45) is 11.7 Å². The fraction of sp³-hybridized carbons (Fsp3) is 0.429. The number of hydrogen-bond acceptors (Lipinski definition) is 4.